The van der Waals surface area contributed by atoms with E-state index in [1.807, 2.05) is 78.9 Å². The van der Waals surface area contributed by atoms with E-state index in [2.05, 4.69) is 70.4 Å². The van der Waals surface area contributed by atoms with Gasteiger partial charge >= 0.3 is 47.5 Å². The van der Waals surface area contributed by atoms with Gasteiger partial charge in [0.25, 0.3) is 0 Å². The quantitative estimate of drug-likeness (QED) is 0.0922. The summed E-state index contributed by atoms with van der Waals surface area (Å²) < 4.78 is 60.2. The summed E-state index contributed by atoms with van der Waals surface area (Å²) in [5.74, 6) is 0. The average Bonchev–Trinajstić information content (AvgIpc) is 3.91. The maximum atomic E-state index is 12.8. The molecule has 0 bridgehead atoms. The molecule has 0 unspecified atom stereocenters. The van der Waals surface area contributed by atoms with E-state index >= 15 is 0 Å². The first-order chi connectivity index (χ1) is 29.8. The Morgan fingerprint density at radius 3 is 1.29 bits per heavy atom. The number of aryl methyl sites for hydroxylation is 1. The summed E-state index contributed by atoms with van der Waals surface area (Å²) >= 11 is -1.44. The fraction of sp³-hybridized carbons (Fsp3) is 0.120. The number of fused-ring (bicyclic) bond motifs is 12. The van der Waals surface area contributed by atoms with Crippen LogP contribution in [0.5, 0.6) is 0 Å². The molecule has 1 aliphatic rings. The van der Waals surface area contributed by atoms with Gasteiger partial charge in [-0.25, -0.2) is 4.98 Å². The average molecular weight is 862 g/mol. The van der Waals surface area contributed by atoms with Crippen LogP contribution in [0.25, 0.3) is 76.4 Å². The van der Waals surface area contributed by atoms with Crippen molar-refractivity contribution in [3.63, 3.8) is 0 Å². The van der Waals surface area contributed by atoms with Gasteiger partial charge in [-0.1, -0.05) is 116 Å². The minimum absolute atomic E-state index is 0. The van der Waals surface area contributed by atoms with E-state index in [9.17, 15) is 13.2 Å². The Bertz CT molecular complexity index is 2850. The molecule has 10 aromatic rings. The molecule has 0 aliphatic carbocycles. The number of benzene rings is 8. The molecule has 1 fully saturated rings. The second-order valence-corrected chi connectivity index (χ2v) is 14.1. The minimum Gasteiger partial charge on any atom is -0.252 e. The fourth-order valence-electron chi connectivity index (χ4n) is 7.15. The van der Waals surface area contributed by atoms with Crippen LogP contribution in [0.1, 0.15) is 24.0 Å². The maximum absolute atomic E-state index is 12.8. The second kappa shape index (κ2) is 21.6. The Labute approximate surface area is 374 Å². The molecule has 0 saturated carbocycles. The van der Waals surface area contributed by atoms with Crippen molar-refractivity contribution in [3.05, 3.63) is 181 Å². The van der Waals surface area contributed by atoms with Gasteiger partial charge in [-0.15, -0.1) is 0 Å². The smallest absolute Gasteiger partial charge is 0.0971 e. The van der Waals surface area contributed by atoms with E-state index in [4.69, 9.17) is 17.4 Å². The topological polar surface area (TPSA) is 94.9 Å². The number of nitrogens with zero attached hydrogens (tertiary/aromatic N) is 4. The number of aromatic nitrogens is 4. The van der Waals surface area contributed by atoms with E-state index in [0.29, 0.717) is 11.3 Å². The molecule has 8 aromatic carbocycles. The van der Waals surface area contributed by atoms with E-state index in [1.165, 1.54) is 52.1 Å². The van der Waals surface area contributed by atoms with Crippen molar-refractivity contribution in [1.82, 2.24) is 19.9 Å². The molecule has 1 saturated heterocycles. The Morgan fingerprint density at radius 1 is 0.548 bits per heavy atom. The van der Waals surface area contributed by atoms with Crippen molar-refractivity contribution in [2.24, 2.45) is 0 Å². The van der Waals surface area contributed by atoms with Crippen molar-refractivity contribution in [3.8, 4) is 11.3 Å². The summed E-state index contributed by atoms with van der Waals surface area (Å²) in [6.07, 6.45) is 3.32. The summed E-state index contributed by atoms with van der Waals surface area (Å²) in [4.78, 5) is 18.4. The van der Waals surface area contributed by atoms with Crippen LogP contribution in [0.2, 0.25) is 0 Å². The number of rotatable bonds is 1. The van der Waals surface area contributed by atoms with Gasteiger partial charge in [-0.3, -0.25) is 15.0 Å². The molecule has 11 rings (SSSR count). The second-order valence-electron chi connectivity index (χ2n) is 13.9. The first-order valence-corrected chi connectivity index (χ1v) is 20.4. The first kappa shape index (κ1) is 45.5. The summed E-state index contributed by atoms with van der Waals surface area (Å²) in [6.45, 7) is 4.06. The monoisotopic (exact) mass is 861 g/mol. The number of hydrogen-bond donors (Lipinski definition) is 0. The molecule has 12 heteroatoms. The molecule has 0 spiro atoms. The fourth-order valence-corrected chi connectivity index (χ4v) is 7.15. The normalized spacial score (nSPS) is 11.9. The van der Waals surface area contributed by atoms with Gasteiger partial charge in [0.1, 0.15) is 0 Å². The van der Waals surface area contributed by atoms with Crippen LogP contribution >= 0.6 is 0 Å². The third-order valence-electron chi connectivity index (χ3n) is 10.0. The Hall–Kier alpha value is -6.05. The Morgan fingerprint density at radius 2 is 0.935 bits per heavy atom. The molecule has 0 atom stereocenters. The van der Waals surface area contributed by atoms with E-state index in [-0.39, 0.29) is 18.9 Å². The Balaban J connectivity index is 0.000000160. The molecule has 305 valence electrons. The van der Waals surface area contributed by atoms with Gasteiger partial charge in [-0.2, -0.15) is 49.1 Å². The van der Waals surface area contributed by atoms with Crippen molar-refractivity contribution < 1.29 is 59.3 Å². The number of alkyl halides is 3. The molecule has 0 radical (unpaired) electrons. The summed E-state index contributed by atoms with van der Waals surface area (Å²) in [6, 6.07) is 48.5. The predicted octanol–water partition coefficient (Wildman–Crippen LogP) is 9.91. The number of ether oxygens (including phenoxy) is 1. The first-order valence-electron chi connectivity index (χ1n) is 19.4. The van der Waals surface area contributed by atoms with Crippen LogP contribution < -0.4 is 18.9 Å². The largest absolute Gasteiger partial charge is 0.252 e. The number of hydrogen-bond acceptors (Lipinski definition) is 7. The molecule has 1 aliphatic heterocycles. The van der Waals surface area contributed by atoms with Crippen molar-refractivity contribution in [2.75, 3.05) is 13.2 Å². The summed E-state index contributed by atoms with van der Waals surface area (Å²) in [5, 5.41) is 8.95. The van der Waals surface area contributed by atoms with Crippen LogP contribution in [-0.2, 0) is 33.4 Å². The zero-order chi connectivity index (χ0) is 42.6. The molecule has 0 N–H and O–H groups in total. The summed E-state index contributed by atoms with van der Waals surface area (Å²) in [5.41, 5.74) is 5.23. The molecule has 2 aromatic heterocycles. The molecule has 7 nitrogen and oxygen atoms in total. The van der Waals surface area contributed by atoms with Gasteiger partial charge in [-0.05, 0) is 46.5 Å². The van der Waals surface area contributed by atoms with Gasteiger partial charge in [0.15, 0.2) is 0 Å². The van der Waals surface area contributed by atoms with Gasteiger partial charge < -0.3 is 4.74 Å². The van der Waals surface area contributed by atoms with E-state index in [0.717, 1.165) is 69.0 Å². The number of halogens is 3. The standard InChI is InChI=1S/C23H13F3N2.C16H10N2.C7H7.C4H8O.Li.Mn.2O/c24-23(25,26)15-11-9-14(10-12-15)20-13-27-21-18-7-3-1-5-16(18)17-6-2-4-8-19(17)22(21)28-20;1-3-7-13-11(5-1)12-6-2-4-8-14(12)16-15(13)17-9-10-18-16;1-7-5-3-2-4-6-7;1-2-4-5-3-1;;;;/h1-13H;1-10H;3-6H,1H3;1-4H2;;;;/q;;-1;;+1;;;. The van der Waals surface area contributed by atoms with Crippen LogP contribution in [0.3, 0.4) is 0 Å². The van der Waals surface area contributed by atoms with Gasteiger partial charge in [0.2, 0.25) is 0 Å². The zero-order valence-corrected chi connectivity index (χ0v) is 35.1. The minimum atomic E-state index is -4.36. The van der Waals surface area contributed by atoms with Crippen molar-refractivity contribution in [1.29, 1.82) is 0 Å². The van der Waals surface area contributed by atoms with Crippen LogP contribution in [0.15, 0.2) is 164 Å². The maximum Gasteiger partial charge on any atom is 0.0971 e. The van der Waals surface area contributed by atoms with Gasteiger partial charge in [0, 0.05) is 52.7 Å². The van der Waals surface area contributed by atoms with Crippen molar-refractivity contribution in [2.45, 2.75) is 25.9 Å². The molecular formula is C50H38F3LiMnN4O3. The third-order valence-corrected chi connectivity index (χ3v) is 10.0. The SMILES string of the molecule is C1CCOC1.Cc1cc[c-]cc1.FC(F)(F)c1ccc(-c2cnc3c4ccccc4c4ccccc4c3n2)cc1.[Li+].[O]=[Mn]=[O].c1ccc2c(c1)c1ccccc1c1nccnc21. The van der Waals surface area contributed by atoms with Crippen molar-refractivity contribution >= 4 is 65.2 Å². The van der Waals surface area contributed by atoms with E-state index < -0.39 is 26.6 Å². The van der Waals surface area contributed by atoms with Crippen LogP contribution in [-0.4, -0.2) is 33.1 Å². The van der Waals surface area contributed by atoms with E-state index in [1.54, 1.807) is 18.6 Å². The van der Waals surface area contributed by atoms with Crippen LogP contribution in [0.4, 0.5) is 13.2 Å². The molecular weight excluding hydrogens is 823 g/mol. The third kappa shape index (κ3) is 10.7. The van der Waals surface area contributed by atoms with Crippen LogP contribution in [0, 0.1) is 13.0 Å². The predicted molar refractivity (Wildman–Crippen MR) is 231 cm³/mol. The zero-order valence-electron chi connectivity index (χ0n) is 33.9. The molecule has 62 heavy (non-hydrogen) atoms. The summed E-state index contributed by atoms with van der Waals surface area (Å²) in [7, 11) is 0. The van der Waals surface area contributed by atoms with Gasteiger partial charge in [0.05, 0.1) is 39.5 Å². The Kier molecular flexibility index (Phi) is 15.9. The molecule has 3 heterocycles. The molecule has 0 amide bonds.